The Morgan fingerprint density at radius 3 is 2.81 bits per heavy atom. The van der Waals surface area contributed by atoms with E-state index in [-0.39, 0.29) is 17.3 Å². The minimum absolute atomic E-state index is 0.245. The summed E-state index contributed by atoms with van der Waals surface area (Å²) < 4.78 is 23.6. The Kier molecular flexibility index (Phi) is 3.31. The van der Waals surface area contributed by atoms with Crippen LogP contribution in [-0.2, 0) is 16.4 Å². The zero-order valence-corrected chi connectivity index (χ0v) is 11.8. The number of rotatable bonds is 3. The smallest absolute Gasteiger partial charge is 0.253 e. The molecule has 2 heterocycles. The lowest BCUT2D eigenvalue weighted by molar-refractivity contribution is 0.0950. The molecule has 6 heteroatoms. The van der Waals surface area contributed by atoms with Gasteiger partial charge in [0.2, 0.25) is 0 Å². The van der Waals surface area contributed by atoms with Crippen LogP contribution in [0.4, 0.5) is 0 Å². The average Bonchev–Trinajstić information content (AvgIpc) is 2.82. The molecule has 1 aliphatic rings. The molecule has 5 nitrogen and oxygen atoms in total. The Balaban J connectivity index is 1.80. The third-order valence-electron chi connectivity index (χ3n) is 3.24. The van der Waals surface area contributed by atoms with E-state index in [0.717, 1.165) is 5.56 Å². The Morgan fingerprint density at radius 2 is 2.05 bits per heavy atom. The molecule has 1 N–H and O–H groups in total. The molecule has 0 radical (unpaired) electrons. The van der Waals surface area contributed by atoms with Crippen LogP contribution in [0.3, 0.4) is 0 Å². The van der Waals surface area contributed by atoms with Crippen LogP contribution in [0.5, 0.6) is 0 Å². The molecular weight excluding hydrogens is 288 g/mol. The summed E-state index contributed by atoms with van der Waals surface area (Å²) in [5.41, 5.74) is 1.87. The summed E-state index contributed by atoms with van der Waals surface area (Å²) in [5.74, 6) is -0.245. The largest absolute Gasteiger partial charge is 0.348 e. The number of amides is 1. The number of nitrogens with zero attached hydrogens (tertiary/aromatic N) is 1. The average molecular weight is 300 g/mol. The molecule has 0 bridgehead atoms. The first-order valence-electron chi connectivity index (χ1n) is 6.31. The van der Waals surface area contributed by atoms with Crippen molar-refractivity contribution in [1.29, 1.82) is 0 Å². The number of aromatic nitrogens is 1. The van der Waals surface area contributed by atoms with Crippen LogP contribution in [-0.4, -0.2) is 19.3 Å². The molecule has 0 saturated heterocycles. The first-order chi connectivity index (χ1) is 10.1. The van der Waals surface area contributed by atoms with Gasteiger partial charge in [-0.3, -0.25) is 9.78 Å². The minimum atomic E-state index is -3.32. The number of benzene rings is 1. The highest BCUT2D eigenvalue weighted by atomic mass is 32.2. The fourth-order valence-electron chi connectivity index (χ4n) is 2.19. The number of hydrogen-bond donors (Lipinski definition) is 1. The lowest BCUT2D eigenvalue weighted by atomic mass is 10.1. The van der Waals surface area contributed by atoms with Crippen molar-refractivity contribution in [3.8, 4) is 0 Å². The van der Waals surface area contributed by atoms with Gasteiger partial charge in [-0.1, -0.05) is 12.1 Å². The number of nitrogens with one attached hydrogen (secondary N) is 1. The van der Waals surface area contributed by atoms with E-state index in [1.165, 1.54) is 11.6 Å². The number of hydrogen-bond acceptors (Lipinski definition) is 4. The van der Waals surface area contributed by atoms with E-state index >= 15 is 0 Å². The van der Waals surface area contributed by atoms with Crippen LogP contribution in [0.2, 0.25) is 0 Å². The summed E-state index contributed by atoms with van der Waals surface area (Å²) in [6.07, 6.45) is 4.64. The van der Waals surface area contributed by atoms with Gasteiger partial charge in [-0.15, -0.1) is 0 Å². The summed E-state index contributed by atoms with van der Waals surface area (Å²) >= 11 is 0. The molecule has 21 heavy (non-hydrogen) atoms. The normalized spacial score (nSPS) is 14.7. The SMILES string of the molecule is O=C(NCc1cccc2c1C=CS2(=O)=O)c1cccnc1. The van der Waals surface area contributed by atoms with Gasteiger partial charge in [0.05, 0.1) is 10.5 Å². The zero-order valence-electron chi connectivity index (χ0n) is 11.0. The molecule has 1 aromatic carbocycles. The van der Waals surface area contributed by atoms with E-state index in [9.17, 15) is 13.2 Å². The summed E-state index contributed by atoms with van der Waals surface area (Å²) in [6, 6.07) is 8.39. The number of carbonyl (C=O) groups excluding carboxylic acids is 1. The van der Waals surface area contributed by atoms with Crippen molar-refractivity contribution in [2.45, 2.75) is 11.4 Å². The Hall–Kier alpha value is -2.47. The molecule has 0 saturated carbocycles. The summed E-state index contributed by atoms with van der Waals surface area (Å²) in [7, 11) is -3.32. The molecule has 0 fully saturated rings. The molecule has 0 unspecified atom stereocenters. The van der Waals surface area contributed by atoms with Crippen LogP contribution in [0.1, 0.15) is 21.5 Å². The van der Waals surface area contributed by atoms with Crippen molar-refractivity contribution in [2.24, 2.45) is 0 Å². The number of sulfone groups is 1. The van der Waals surface area contributed by atoms with Crippen molar-refractivity contribution in [3.05, 3.63) is 64.8 Å². The van der Waals surface area contributed by atoms with E-state index < -0.39 is 9.84 Å². The van der Waals surface area contributed by atoms with Gasteiger partial charge in [0.1, 0.15) is 0 Å². The lowest BCUT2D eigenvalue weighted by Gasteiger charge is -2.08. The molecule has 0 aliphatic carbocycles. The highest BCUT2D eigenvalue weighted by molar-refractivity contribution is 7.94. The van der Waals surface area contributed by atoms with Gasteiger partial charge >= 0.3 is 0 Å². The van der Waals surface area contributed by atoms with Gasteiger partial charge in [0, 0.05) is 24.3 Å². The maximum Gasteiger partial charge on any atom is 0.253 e. The topological polar surface area (TPSA) is 76.1 Å². The molecule has 0 atom stereocenters. The molecule has 1 amide bonds. The highest BCUT2D eigenvalue weighted by Crippen LogP contribution is 2.29. The minimum Gasteiger partial charge on any atom is -0.348 e. The standard InChI is InChI=1S/C15H12N2O3S/c18-15(12-4-2-7-16-9-12)17-10-11-3-1-5-14-13(11)6-8-21(14,19)20/h1-9H,10H2,(H,17,18). The third-order valence-corrected chi connectivity index (χ3v) is 4.70. The first-order valence-corrected chi connectivity index (χ1v) is 7.86. The Bertz CT molecular complexity index is 827. The molecule has 3 rings (SSSR count). The van der Waals surface area contributed by atoms with Gasteiger partial charge in [-0.25, -0.2) is 8.42 Å². The quantitative estimate of drug-likeness (QED) is 0.937. The monoisotopic (exact) mass is 300 g/mol. The summed E-state index contributed by atoms with van der Waals surface area (Å²) in [5, 5.41) is 3.95. The van der Waals surface area contributed by atoms with Gasteiger partial charge in [0.25, 0.3) is 5.91 Å². The molecule has 2 aromatic rings. The number of pyridine rings is 1. The van der Waals surface area contributed by atoms with Gasteiger partial charge in [-0.2, -0.15) is 0 Å². The second kappa shape index (κ2) is 5.14. The van der Waals surface area contributed by atoms with Gasteiger partial charge in [0.15, 0.2) is 9.84 Å². The van der Waals surface area contributed by atoms with Crippen molar-refractivity contribution < 1.29 is 13.2 Å². The van der Waals surface area contributed by atoms with Crippen LogP contribution in [0, 0.1) is 0 Å². The van der Waals surface area contributed by atoms with Gasteiger partial charge in [-0.05, 0) is 35.4 Å². The summed E-state index contributed by atoms with van der Waals surface area (Å²) in [4.78, 5) is 16.1. The van der Waals surface area contributed by atoms with E-state index in [0.29, 0.717) is 11.1 Å². The summed E-state index contributed by atoms with van der Waals surface area (Å²) in [6.45, 7) is 0.261. The van der Waals surface area contributed by atoms with Crippen LogP contribution >= 0.6 is 0 Å². The zero-order chi connectivity index (χ0) is 14.9. The molecule has 106 valence electrons. The van der Waals surface area contributed by atoms with Crippen molar-refractivity contribution in [1.82, 2.24) is 10.3 Å². The number of fused-ring (bicyclic) bond motifs is 1. The van der Waals surface area contributed by atoms with Crippen LogP contribution in [0.25, 0.3) is 6.08 Å². The third kappa shape index (κ3) is 2.57. The van der Waals surface area contributed by atoms with E-state index in [1.54, 1.807) is 42.6 Å². The predicted molar refractivity (Wildman–Crippen MR) is 78.1 cm³/mol. The Morgan fingerprint density at radius 1 is 1.19 bits per heavy atom. The van der Waals surface area contributed by atoms with Crippen LogP contribution in [0.15, 0.2) is 53.0 Å². The van der Waals surface area contributed by atoms with E-state index in [2.05, 4.69) is 10.3 Å². The Labute approximate surface area is 122 Å². The molecular formula is C15H12N2O3S. The maximum atomic E-state index is 12.0. The van der Waals surface area contributed by atoms with Gasteiger partial charge < -0.3 is 5.32 Å². The maximum absolute atomic E-state index is 12.0. The highest BCUT2D eigenvalue weighted by Gasteiger charge is 2.22. The predicted octanol–water partition coefficient (Wildman–Crippen LogP) is 1.77. The fraction of sp³-hybridized carbons (Fsp3) is 0.0667. The first kappa shape index (κ1) is 13.5. The molecule has 1 aromatic heterocycles. The van der Waals surface area contributed by atoms with Crippen LogP contribution < -0.4 is 5.32 Å². The molecule has 1 aliphatic heterocycles. The van der Waals surface area contributed by atoms with Crippen molar-refractivity contribution >= 4 is 21.8 Å². The number of carbonyl (C=O) groups is 1. The van der Waals surface area contributed by atoms with Crippen molar-refractivity contribution in [2.75, 3.05) is 0 Å². The second-order valence-corrected chi connectivity index (χ2v) is 6.40. The lowest BCUT2D eigenvalue weighted by Crippen LogP contribution is -2.23. The van der Waals surface area contributed by atoms with E-state index in [1.807, 2.05) is 0 Å². The van der Waals surface area contributed by atoms with Crippen molar-refractivity contribution in [3.63, 3.8) is 0 Å². The molecule has 0 spiro atoms. The fourth-order valence-corrected chi connectivity index (χ4v) is 3.42. The van der Waals surface area contributed by atoms with E-state index in [4.69, 9.17) is 0 Å². The second-order valence-electron chi connectivity index (χ2n) is 4.60.